The van der Waals surface area contributed by atoms with Crippen LogP contribution in [0, 0.1) is 0 Å². The average Bonchev–Trinajstić information content (AvgIpc) is 3.46. The highest BCUT2D eigenvalue weighted by Gasteiger charge is 2.37. The van der Waals surface area contributed by atoms with Gasteiger partial charge in [0.15, 0.2) is 0 Å². The van der Waals surface area contributed by atoms with E-state index in [4.69, 9.17) is 0 Å². The highest BCUT2D eigenvalue weighted by atomic mass is 15.2. The normalized spacial score (nSPS) is 15.7. The molecule has 0 radical (unpaired) electrons. The van der Waals surface area contributed by atoms with Gasteiger partial charge in [0.05, 0.1) is 17.2 Å². The van der Waals surface area contributed by atoms with Gasteiger partial charge in [-0.15, -0.1) is 0 Å². The van der Waals surface area contributed by atoms with Crippen LogP contribution in [0.25, 0.3) is 44.9 Å². The fraction of sp³-hybridized carbons (Fsp3) is 0.111. The average molecular weight is 605 g/mol. The predicted molar refractivity (Wildman–Crippen MR) is 198 cm³/mol. The number of hydrogen-bond acceptors (Lipinski definition) is 1. The van der Waals surface area contributed by atoms with Crippen LogP contribution in [0.4, 0.5) is 11.4 Å². The standard InChI is InChI=1S/C45H36N2/c1-45(2)40-20-9-10-22-43(40)47-42-28-27-37(30-39(42)38-19-12-21-41(45)44(38)47)46(35-25-23-33(24-26-35)31-13-5-3-6-14-31)36-18-11-17-34(29-36)32-15-7-4-8-16-32/h3-29,37H,30H2,1-2H3. The Morgan fingerprint density at radius 3 is 1.96 bits per heavy atom. The van der Waals surface area contributed by atoms with Crippen molar-refractivity contribution in [3.05, 3.63) is 180 Å². The van der Waals surface area contributed by atoms with Crippen LogP contribution in [0.3, 0.4) is 0 Å². The number of aromatic nitrogens is 1. The Labute approximate surface area is 276 Å². The molecule has 47 heavy (non-hydrogen) atoms. The van der Waals surface area contributed by atoms with Gasteiger partial charge in [-0.05, 0) is 81.8 Å². The summed E-state index contributed by atoms with van der Waals surface area (Å²) in [4.78, 5) is 2.53. The van der Waals surface area contributed by atoms with E-state index in [1.54, 1.807) is 0 Å². The Morgan fingerprint density at radius 1 is 0.574 bits per heavy atom. The summed E-state index contributed by atoms with van der Waals surface area (Å²) in [6, 6.07) is 55.5. The van der Waals surface area contributed by atoms with E-state index in [-0.39, 0.29) is 11.5 Å². The van der Waals surface area contributed by atoms with E-state index in [1.165, 1.54) is 72.6 Å². The highest BCUT2D eigenvalue weighted by molar-refractivity contribution is 5.96. The number of para-hydroxylation sites is 2. The number of benzene rings is 6. The SMILES string of the molecule is CC1(C)c2ccccc2-n2c3c(c4cccc1c42)CC(N(c1ccc(-c2ccccc2)cc1)c1cccc(-c2ccccc2)c1)C=C3. The molecule has 0 fully saturated rings. The lowest BCUT2D eigenvalue weighted by molar-refractivity contribution is 0.628. The van der Waals surface area contributed by atoms with Gasteiger partial charge in [0, 0.05) is 27.9 Å². The molecular formula is C45H36N2. The van der Waals surface area contributed by atoms with E-state index in [1.807, 2.05) is 0 Å². The maximum atomic E-state index is 2.53. The van der Waals surface area contributed by atoms with E-state index in [0.717, 1.165) is 6.42 Å². The lowest BCUT2D eigenvalue weighted by atomic mass is 9.74. The summed E-state index contributed by atoms with van der Waals surface area (Å²) < 4.78 is 2.53. The van der Waals surface area contributed by atoms with Crippen LogP contribution in [0.15, 0.2) is 158 Å². The van der Waals surface area contributed by atoms with Crippen molar-refractivity contribution in [1.29, 1.82) is 0 Å². The van der Waals surface area contributed by atoms with Crippen molar-refractivity contribution in [2.75, 3.05) is 4.90 Å². The zero-order valence-electron chi connectivity index (χ0n) is 26.8. The lowest BCUT2D eigenvalue weighted by Crippen LogP contribution is -2.33. The number of rotatable bonds is 5. The lowest BCUT2D eigenvalue weighted by Gasteiger charge is -2.35. The molecule has 6 aromatic carbocycles. The van der Waals surface area contributed by atoms with Crippen molar-refractivity contribution in [3.63, 3.8) is 0 Å². The van der Waals surface area contributed by atoms with E-state index in [9.17, 15) is 0 Å². The molecule has 1 aliphatic carbocycles. The maximum Gasteiger partial charge on any atom is 0.0578 e. The molecule has 1 aromatic heterocycles. The highest BCUT2D eigenvalue weighted by Crippen LogP contribution is 2.48. The molecule has 0 spiro atoms. The molecule has 0 amide bonds. The largest absolute Gasteiger partial charge is 0.334 e. The van der Waals surface area contributed by atoms with Gasteiger partial charge >= 0.3 is 0 Å². The first-order chi connectivity index (χ1) is 23.1. The summed E-state index contributed by atoms with van der Waals surface area (Å²) in [6.45, 7) is 4.74. The molecule has 1 unspecified atom stereocenters. The smallest absolute Gasteiger partial charge is 0.0578 e. The molecular weight excluding hydrogens is 569 g/mol. The monoisotopic (exact) mass is 604 g/mol. The molecule has 2 nitrogen and oxygen atoms in total. The molecule has 9 rings (SSSR count). The molecule has 2 heterocycles. The van der Waals surface area contributed by atoms with Crippen molar-refractivity contribution in [1.82, 2.24) is 4.57 Å². The van der Waals surface area contributed by atoms with Crippen LogP contribution in [-0.4, -0.2) is 10.6 Å². The Kier molecular flexibility index (Phi) is 6.33. The quantitative estimate of drug-likeness (QED) is 0.190. The minimum atomic E-state index is -0.0689. The fourth-order valence-electron chi connectivity index (χ4n) is 8.01. The zero-order valence-corrected chi connectivity index (χ0v) is 26.8. The predicted octanol–water partition coefficient (Wildman–Crippen LogP) is 11.4. The van der Waals surface area contributed by atoms with E-state index in [2.05, 4.69) is 187 Å². The van der Waals surface area contributed by atoms with Crippen molar-refractivity contribution in [2.45, 2.75) is 31.7 Å². The Hall–Kier alpha value is -5.60. The van der Waals surface area contributed by atoms with Crippen LogP contribution in [0.5, 0.6) is 0 Å². The third-order valence-electron chi connectivity index (χ3n) is 10.3. The van der Waals surface area contributed by atoms with Gasteiger partial charge < -0.3 is 9.47 Å². The van der Waals surface area contributed by atoms with Crippen molar-refractivity contribution in [2.24, 2.45) is 0 Å². The molecule has 0 saturated carbocycles. The van der Waals surface area contributed by atoms with Crippen molar-refractivity contribution in [3.8, 4) is 27.9 Å². The Bertz CT molecular complexity index is 2290. The first-order valence-electron chi connectivity index (χ1n) is 16.6. The summed E-state index contributed by atoms with van der Waals surface area (Å²) in [5.74, 6) is 0. The molecule has 1 aliphatic heterocycles. The van der Waals surface area contributed by atoms with Gasteiger partial charge in [0.2, 0.25) is 0 Å². The van der Waals surface area contributed by atoms with Gasteiger partial charge in [0.1, 0.15) is 0 Å². The Morgan fingerprint density at radius 2 is 1.19 bits per heavy atom. The van der Waals surface area contributed by atoms with E-state index in [0.29, 0.717) is 0 Å². The second kappa shape index (κ2) is 10.7. The van der Waals surface area contributed by atoms with Gasteiger partial charge in [-0.1, -0.05) is 141 Å². The first kappa shape index (κ1) is 27.7. The maximum absolute atomic E-state index is 2.53. The van der Waals surface area contributed by atoms with Crippen LogP contribution in [0.1, 0.15) is 36.2 Å². The molecule has 7 aromatic rings. The fourth-order valence-corrected chi connectivity index (χ4v) is 8.01. The molecule has 226 valence electrons. The minimum Gasteiger partial charge on any atom is -0.334 e. The first-order valence-corrected chi connectivity index (χ1v) is 16.6. The van der Waals surface area contributed by atoms with E-state index < -0.39 is 0 Å². The second-order valence-electron chi connectivity index (χ2n) is 13.4. The van der Waals surface area contributed by atoms with Crippen molar-refractivity contribution < 1.29 is 0 Å². The summed E-state index contributed by atoms with van der Waals surface area (Å²) in [7, 11) is 0. The van der Waals surface area contributed by atoms with Crippen LogP contribution < -0.4 is 4.90 Å². The third kappa shape index (κ3) is 4.40. The summed E-state index contributed by atoms with van der Waals surface area (Å²) in [6.07, 6.45) is 5.72. The number of anilines is 2. The van der Waals surface area contributed by atoms with Crippen LogP contribution in [0.2, 0.25) is 0 Å². The van der Waals surface area contributed by atoms with Gasteiger partial charge in [-0.2, -0.15) is 0 Å². The number of nitrogens with zero attached hydrogens (tertiary/aromatic N) is 2. The molecule has 2 aliphatic rings. The number of fused-ring (bicyclic) bond motifs is 5. The topological polar surface area (TPSA) is 8.17 Å². The van der Waals surface area contributed by atoms with Crippen LogP contribution >= 0.6 is 0 Å². The Balaban J connectivity index is 1.19. The zero-order chi connectivity index (χ0) is 31.5. The third-order valence-corrected chi connectivity index (χ3v) is 10.3. The molecule has 2 heteroatoms. The van der Waals surface area contributed by atoms with Gasteiger partial charge in [-0.25, -0.2) is 0 Å². The van der Waals surface area contributed by atoms with E-state index >= 15 is 0 Å². The second-order valence-corrected chi connectivity index (χ2v) is 13.4. The van der Waals surface area contributed by atoms with Gasteiger partial charge in [0.25, 0.3) is 0 Å². The minimum absolute atomic E-state index is 0.0689. The summed E-state index contributed by atoms with van der Waals surface area (Å²) in [5.41, 5.74) is 15.4. The summed E-state index contributed by atoms with van der Waals surface area (Å²) in [5, 5.41) is 1.37. The summed E-state index contributed by atoms with van der Waals surface area (Å²) >= 11 is 0. The van der Waals surface area contributed by atoms with Gasteiger partial charge in [-0.3, -0.25) is 0 Å². The van der Waals surface area contributed by atoms with Crippen molar-refractivity contribution >= 4 is 28.4 Å². The molecule has 0 saturated heterocycles. The molecule has 1 atom stereocenters. The van der Waals surface area contributed by atoms with Crippen LogP contribution in [-0.2, 0) is 11.8 Å². The number of hydrogen-bond donors (Lipinski definition) is 0. The molecule has 0 N–H and O–H groups in total. The molecule has 0 bridgehead atoms.